The Morgan fingerprint density at radius 2 is 1.66 bits per heavy atom. The highest BCUT2D eigenvalue weighted by Gasteiger charge is 2.56. The van der Waals surface area contributed by atoms with Crippen molar-refractivity contribution < 1.29 is 12.6 Å². The molecule has 2 fully saturated rings. The highest BCUT2D eigenvalue weighted by Crippen LogP contribution is 2.60. The molecule has 2 unspecified atom stereocenters. The van der Waals surface area contributed by atoms with Crippen molar-refractivity contribution in [3.8, 4) is 0 Å². The summed E-state index contributed by atoms with van der Waals surface area (Å²) in [5.74, 6) is 3.15. The van der Waals surface area contributed by atoms with E-state index in [2.05, 4.69) is 41.5 Å². The third-order valence-electron chi connectivity index (χ3n) is 7.99. The fourth-order valence-corrected chi connectivity index (χ4v) is 7.71. The minimum absolute atomic E-state index is 0.140. The molecule has 0 amide bonds. The molecule has 4 heteroatoms. The molecule has 0 spiro atoms. The van der Waals surface area contributed by atoms with Gasteiger partial charge in [-0.25, -0.2) is 0 Å². The Bertz CT molecular complexity index is 796. The maximum atomic E-state index is 13.1. The molecule has 0 radical (unpaired) electrons. The molecule has 1 aromatic carbocycles. The normalized spacial score (nSPS) is 35.7. The van der Waals surface area contributed by atoms with Gasteiger partial charge in [0, 0.05) is 0 Å². The zero-order valence-corrected chi connectivity index (χ0v) is 20.1. The van der Waals surface area contributed by atoms with E-state index in [1.54, 1.807) is 12.1 Å². The monoisotopic (exact) mass is 420 g/mol. The van der Waals surface area contributed by atoms with Crippen LogP contribution in [0.4, 0.5) is 0 Å². The molecule has 0 N–H and O–H groups in total. The van der Waals surface area contributed by atoms with Crippen LogP contribution in [0.25, 0.3) is 0 Å². The summed E-state index contributed by atoms with van der Waals surface area (Å²) in [5.41, 5.74) is 1.19. The summed E-state index contributed by atoms with van der Waals surface area (Å²) in [6, 6.07) is 7.03. The van der Waals surface area contributed by atoms with Crippen molar-refractivity contribution in [1.29, 1.82) is 0 Å². The average molecular weight is 421 g/mol. The summed E-state index contributed by atoms with van der Waals surface area (Å²) < 4.78 is 32.4. The summed E-state index contributed by atoms with van der Waals surface area (Å²) in [6.45, 7) is 16.0. The highest BCUT2D eigenvalue weighted by atomic mass is 32.2. The second-order valence-corrected chi connectivity index (χ2v) is 12.4. The quantitative estimate of drug-likeness (QED) is 0.513. The summed E-state index contributed by atoms with van der Waals surface area (Å²) in [5, 5.41) is 0. The van der Waals surface area contributed by atoms with Crippen molar-refractivity contribution in [2.75, 3.05) is 0 Å². The van der Waals surface area contributed by atoms with E-state index in [1.165, 1.54) is 12.8 Å². The van der Waals surface area contributed by atoms with E-state index in [-0.39, 0.29) is 16.4 Å². The summed E-state index contributed by atoms with van der Waals surface area (Å²) in [6.07, 6.45) is 4.10. The molecule has 29 heavy (non-hydrogen) atoms. The average Bonchev–Trinajstić information content (AvgIpc) is 2.62. The first-order valence-corrected chi connectivity index (χ1v) is 12.9. The molecule has 164 valence electrons. The minimum atomic E-state index is -3.76. The second kappa shape index (κ2) is 8.34. The number of hydrogen-bond acceptors (Lipinski definition) is 3. The van der Waals surface area contributed by atoms with E-state index >= 15 is 0 Å². The molecule has 0 bridgehead atoms. The van der Waals surface area contributed by atoms with Crippen LogP contribution in [0, 0.1) is 47.8 Å². The van der Waals surface area contributed by atoms with Gasteiger partial charge in [0.15, 0.2) is 0 Å². The lowest BCUT2D eigenvalue weighted by Crippen LogP contribution is -2.56. The van der Waals surface area contributed by atoms with Crippen LogP contribution >= 0.6 is 0 Å². The Kier molecular flexibility index (Phi) is 6.56. The molecule has 0 heterocycles. The van der Waals surface area contributed by atoms with Crippen molar-refractivity contribution in [3.05, 3.63) is 29.8 Å². The number of rotatable bonds is 5. The van der Waals surface area contributed by atoms with E-state index in [4.69, 9.17) is 4.18 Å². The van der Waals surface area contributed by atoms with Crippen LogP contribution in [-0.2, 0) is 14.3 Å². The van der Waals surface area contributed by atoms with Crippen molar-refractivity contribution in [3.63, 3.8) is 0 Å². The fourth-order valence-electron chi connectivity index (χ4n) is 6.59. The predicted molar refractivity (Wildman–Crippen MR) is 119 cm³/mol. The molecule has 1 aromatic rings. The van der Waals surface area contributed by atoms with E-state index in [9.17, 15) is 8.42 Å². The third kappa shape index (κ3) is 4.44. The standard InChI is InChI=1S/C25H40O3S/c1-16(2)21-15-23(28-29(26,27)20-10-8-18(5)9-11-20)22-14-19(6)12-13-25(22,7)24(21)17(3)4/h8-11,16-17,19,21-24H,12-15H2,1-7H3/t19-,21?,22+,23+,24?,25-/m0/s1. The Balaban J connectivity index is 1.97. The van der Waals surface area contributed by atoms with Gasteiger partial charge in [0.1, 0.15) is 0 Å². The van der Waals surface area contributed by atoms with Crippen molar-refractivity contribution in [2.24, 2.45) is 40.9 Å². The van der Waals surface area contributed by atoms with Crippen LogP contribution in [0.15, 0.2) is 29.2 Å². The molecule has 0 aliphatic heterocycles. The topological polar surface area (TPSA) is 43.4 Å². The molecular formula is C25H40O3S. The van der Waals surface area contributed by atoms with Gasteiger partial charge in [0.25, 0.3) is 10.1 Å². The fraction of sp³-hybridized carbons (Fsp3) is 0.760. The van der Waals surface area contributed by atoms with Gasteiger partial charge in [-0.2, -0.15) is 8.42 Å². The molecule has 2 saturated carbocycles. The first-order chi connectivity index (χ1) is 13.5. The van der Waals surface area contributed by atoms with Crippen LogP contribution in [0.5, 0.6) is 0 Å². The molecule has 3 nitrogen and oxygen atoms in total. The van der Waals surface area contributed by atoms with Gasteiger partial charge < -0.3 is 0 Å². The lowest BCUT2D eigenvalue weighted by Gasteiger charge is -2.59. The molecule has 0 saturated heterocycles. The van der Waals surface area contributed by atoms with Gasteiger partial charge in [0.2, 0.25) is 0 Å². The van der Waals surface area contributed by atoms with E-state index < -0.39 is 10.1 Å². The smallest absolute Gasteiger partial charge is 0.263 e. The number of hydrogen-bond donors (Lipinski definition) is 0. The predicted octanol–water partition coefficient (Wildman–Crippen LogP) is 6.46. The SMILES string of the molecule is Cc1ccc(S(=O)(=O)O[C@@H]2CC(C(C)C)C(C(C)C)[C@@]3(C)CC[C@H](C)C[C@H]23)cc1. The van der Waals surface area contributed by atoms with Crippen molar-refractivity contribution >= 4 is 10.1 Å². The molecule has 6 atom stereocenters. The van der Waals surface area contributed by atoms with Gasteiger partial charge in [-0.05, 0) is 79.2 Å². The third-order valence-corrected chi connectivity index (χ3v) is 9.34. The van der Waals surface area contributed by atoms with Crippen LogP contribution < -0.4 is 0 Å². The van der Waals surface area contributed by atoms with E-state index in [0.29, 0.717) is 35.5 Å². The lowest BCUT2D eigenvalue weighted by atomic mass is 9.47. The van der Waals surface area contributed by atoms with Gasteiger partial charge >= 0.3 is 0 Å². The zero-order valence-electron chi connectivity index (χ0n) is 19.3. The first-order valence-electron chi connectivity index (χ1n) is 11.5. The Hall–Kier alpha value is -0.870. The van der Waals surface area contributed by atoms with Crippen molar-refractivity contribution in [1.82, 2.24) is 0 Å². The van der Waals surface area contributed by atoms with Gasteiger partial charge in [0.05, 0.1) is 11.0 Å². The minimum Gasteiger partial charge on any atom is -0.263 e. The van der Waals surface area contributed by atoms with E-state index in [0.717, 1.165) is 18.4 Å². The van der Waals surface area contributed by atoms with Crippen LogP contribution in [0.2, 0.25) is 0 Å². The molecule has 0 aromatic heterocycles. The van der Waals surface area contributed by atoms with Gasteiger partial charge in [-0.1, -0.05) is 65.7 Å². The van der Waals surface area contributed by atoms with Gasteiger partial charge in [-0.3, -0.25) is 4.18 Å². The summed E-state index contributed by atoms with van der Waals surface area (Å²) >= 11 is 0. The second-order valence-electron chi connectivity index (χ2n) is 10.8. The largest absolute Gasteiger partial charge is 0.297 e. The molecule has 3 rings (SSSR count). The number of aryl methyl sites for hydroxylation is 1. The summed E-state index contributed by atoms with van der Waals surface area (Å²) in [7, 11) is -3.76. The van der Waals surface area contributed by atoms with Crippen LogP contribution in [0.1, 0.15) is 72.8 Å². The van der Waals surface area contributed by atoms with Crippen LogP contribution in [0.3, 0.4) is 0 Å². The Morgan fingerprint density at radius 3 is 2.21 bits per heavy atom. The molecular weight excluding hydrogens is 380 g/mol. The van der Waals surface area contributed by atoms with Gasteiger partial charge in [-0.15, -0.1) is 0 Å². The molecule has 2 aliphatic carbocycles. The Morgan fingerprint density at radius 1 is 1.03 bits per heavy atom. The lowest BCUT2D eigenvalue weighted by molar-refractivity contribution is -0.132. The zero-order chi connectivity index (χ0) is 21.6. The number of fused-ring (bicyclic) bond motifs is 1. The van der Waals surface area contributed by atoms with Crippen LogP contribution in [-0.4, -0.2) is 14.5 Å². The van der Waals surface area contributed by atoms with Crippen molar-refractivity contribution in [2.45, 2.75) is 85.1 Å². The number of benzene rings is 1. The maximum Gasteiger partial charge on any atom is 0.297 e. The summed E-state index contributed by atoms with van der Waals surface area (Å²) in [4.78, 5) is 0.278. The highest BCUT2D eigenvalue weighted by molar-refractivity contribution is 7.86. The maximum absolute atomic E-state index is 13.1. The molecule has 2 aliphatic rings. The Labute approximate surface area is 178 Å². The van der Waals surface area contributed by atoms with E-state index in [1.807, 2.05) is 19.1 Å². The first kappa shape index (κ1) is 22.8.